The number of carbonyl (C=O) groups is 1. The summed E-state index contributed by atoms with van der Waals surface area (Å²) in [5, 5.41) is 19.4. The van der Waals surface area contributed by atoms with Crippen LogP contribution in [0, 0.1) is 11.3 Å². The quantitative estimate of drug-likeness (QED) is 0.839. The molecule has 1 N–H and O–H groups in total. The van der Waals surface area contributed by atoms with Crippen LogP contribution >= 0.6 is 11.3 Å². The second-order valence-electron chi connectivity index (χ2n) is 2.83. The third-order valence-electron chi connectivity index (χ3n) is 1.94. The number of aromatic nitrogens is 1. The van der Waals surface area contributed by atoms with Crippen LogP contribution in [-0.4, -0.2) is 15.6 Å². The molecule has 5 heteroatoms. The van der Waals surface area contributed by atoms with Crippen molar-refractivity contribution < 1.29 is 9.90 Å². The predicted octanol–water partition coefficient (Wildman–Crippen LogP) is 2.11. The lowest BCUT2D eigenvalue weighted by atomic mass is 10.2. The fraction of sp³-hybridized carbons (Fsp3) is 0. The Kier molecular flexibility index (Phi) is 2.27. The second kappa shape index (κ2) is 3.59. The van der Waals surface area contributed by atoms with Crippen molar-refractivity contribution in [2.75, 3.05) is 0 Å². The standard InChI is InChI=1S/C10H6N2O2S/c11-5-7-6-15-9(10(13)14)8(7)12-3-1-2-4-12/h1-4,6H,(H,13,14). The van der Waals surface area contributed by atoms with Gasteiger partial charge < -0.3 is 9.67 Å². The van der Waals surface area contributed by atoms with Gasteiger partial charge in [0.1, 0.15) is 10.9 Å². The molecule has 2 heterocycles. The van der Waals surface area contributed by atoms with E-state index in [9.17, 15) is 4.79 Å². The van der Waals surface area contributed by atoms with Crippen LogP contribution in [0.3, 0.4) is 0 Å². The zero-order chi connectivity index (χ0) is 10.8. The maximum absolute atomic E-state index is 10.9. The highest BCUT2D eigenvalue weighted by atomic mass is 32.1. The van der Waals surface area contributed by atoms with Gasteiger partial charge in [-0.3, -0.25) is 0 Å². The molecule has 0 aliphatic heterocycles. The molecule has 0 fully saturated rings. The molecule has 0 unspecified atom stereocenters. The summed E-state index contributed by atoms with van der Waals surface area (Å²) in [5.41, 5.74) is 0.827. The van der Waals surface area contributed by atoms with Crippen LogP contribution < -0.4 is 0 Å². The highest BCUT2D eigenvalue weighted by molar-refractivity contribution is 7.12. The van der Waals surface area contributed by atoms with Crippen molar-refractivity contribution in [3.63, 3.8) is 0 Å². The molecular formula is C10H6N2O2S. The molecular weight excluding hydrogens is 212 g/mol. The predicted molar refractivity (Wildman–Crippen MR) is 55.3 cm³/mol. The van der Waals surface area contributed by atoms with Gasteiger partial charge in [-0.05, 0) is 12.1 Å². The summed E-state index contributed by atoms with van der Waals surface area (Å²) < 4.78 is 1.64. The van der Waals surface area contributed by atoms with Crippen LogP contribution in [0.4, 0.5) is 0 Å². The van der Waals surface area contributed by atoms with Gasteiger partial charge in [0.2, 0.25) is 0 Å². The molecule has 2 aromatic heterocycles. The molecule has 4 nitrogen and oxygen atoms in total. The summed E-state index contributed by atoms with van der Waals surface area (Å²) in [6.07, 6.45) is 3.44. The molecule has 0 spiro atoms. The minimum Gasteiger partial charge on any atom is -0.477 e. The summed E-state index contributed by atoms with van der Waals surface area (Å²) in [7, 11) is 0. The maximum atomic E-state index is 10.9. The summed E-state index contributed by atoms with van der Waals surface area (Å²) in [5.74, 6) is -1.01. The first-order valence-corrected chi connectivity index (χ1v) is 5.00. The fourth-order valence-corrected chi connectivity index (χ4v) is 2.15. The zero-order valence-electron chi connectivity index (χ0n) is 7.54. The van der Waals surface area contributed by atoms with Crippen molar-refractivity contribution in [1.82, 2.24) is 4.57 Å². The molecule has 0 saturated carbocycles. The van der Waals surface area contributed by atoms with Gasteiger partial charge >= 0.3 is 5.97 Å². The highest BCUT2D eigenvalue weighted by Gasteiger charge is 2.17. The van der Waals surface area contributed by atoms with E-state index in [0.717, 1.165) is 11.3 Å². The van der Waals surface area contributed by atoms with Gasteiger partial charge in [-0.2, -0.15) is 5.26 Å². The van der Waals surface area contributed by atoms with Crippen LogP contribution in [0.15, 0.2) is 29.9 Å². The van der Waals surface area contributed by atoms with Gasteiger partial charge in [-0.15, -0.1) is 11.3 Å². The van der Waals surface area contributed by atoms with Gasteiger partial charge in [0.15, 0.2) is 0 Å². The van der Waals surface area contributed by atoms with Crippen molar-refractivity contribution >= 4 is 17.3 Å². The fourth-order valence-electron chi connectivity index (χ4n) is 1.32. The van der Waals surface area contributed by atoms with Gasteiger partial charge in [0.25, 0.3) is 0 Å². The van der Waals surface area contributed by atoms with Crippen molar-refractivity contribution in [2.45, 2.75) is 0 Å². The minimum atomic E-state index is -1.01. The number of thiophene rings is 1. The number of hydrogen-bond acceptors (Lipinski definition) is 3. The summed E-state index contributed by atoms with van der Waals surface area (Å²) >= 11 is 1.06. The second-order valence-corrected chi connectivity index (χ2v) is 3.71. The van der Waals surface area contributed by atoms with Crippen LogP contribution in [0.25, 0.3) is 5.69 Å². The molecule has 74 valence electrons. The first-order chi connectivity index (χ1) is 7.24. The number of aromatic carboxylic acids is 1. The van der Waals surface area contributed by atoms with E-state index in [1.165, 1.54) is 0 Å². The molecule has 0 aliphatic rings. The van der Waals surface area contributed by atoms with Crippen LogP contribution in [-0.2, 0) is 0 Å². The van der Waals surface area contributed by atoms with Crippen molar-refractivity contribution in [3.8, 4) is 11.8 Å². The Labute approximate surface area is 89.6 Å². The first-order valence-electron chi connectivity index (χ1n) is 4.12. The van der Waals surface area contributed by atoms with Gasteiger partial charge in [-0.1, -0.05) is 0 Å². The molecule has 0 bridgehead atoms. The topological polar surface area (TPSA) is 66.0 Å². The number of nitrogens with zero attached hydrogens (tertiary/aromatic N) is 2. The number of carboxylic acid groups (broad SMARTS) is 1. The van der Waals surface area contributed by atoms with Crippen molar-refractivity contribution in [2.24, 2.45) is 0 Å². The largest absolute Gasteiger partial charge is 0.477 e. The third-order valence-corrected chi connectivity index (χ3v) is 2.90. The molecule has 0 aliphatic carbocycles. The SMILES string of the molecule is N#Cc1csc(C(=O)O)c1-n1cccc1. The molecule has 15 heavy (non-hydrogen) atoms. The van der Waals surface area contributed by atoms with Crippen molar-refractivity contribution in [3.05, 3.63) is 40.3 Å². The smallest absolute Gasteiger partial charge is 0.348 e. The van der Waals surface area contributed by atoms with Gasteiger partial charge in [0, 0.05) is 17.8 Å². The van der Waals surface area contributed by atoms with Crippen molar-refractivity contribution in [1.29, 1.82) is 5.26 Å². The zero-order valence-corrected chi connectivity index (χ0v) is 8.36. The van der Waals surface area contributed by atoms with E-state index in [1.54, 1.807) is 34.5 Å². The highest BCUT2D eigenvalue weighted by Crippen LogP contribution is 2.26. The lowest BCUT2D eigenvalue weighted by Crippen LogP contribution is -2.01. The van der Waals surface area contributed by atoms with Gasteiger partial charge in [0.05, 0.1) is 11.3 Å². The number of nitriles is 1. The number of hydrogen-bond donors (Lipinski definition) is 1. The Morgan fingerprint density at radius 2 is 2.13 bits per heavy atom. The van der Waals surface area contributed by atoms with E-state index in [-0.39, 0.29) is 4.88 Å². The molecule has 0 aromatic carbocycles. The third kappa shape index (κ3) is 1.51. The Morgan fingerprint density at radius 1 is 1.47 bits per heavy atom. The minimum absolute atomic E-state index is 0.183. The van der Waals surface area contributed by atoms with E-state index >= 15 is 0 Å². The van der Waals surface area contributed by atoms with Gasteiger partial charge in [-0.25, -0.2) is 4.79 Å². The average Bonchev–Trinajstić information content (AvgIpc) is 2.85. The Morgan fingerprint density at radius 3 is 2.67 bits per heavy atom. The Hall–Kier alpha value is -2.06. The molecule has 0 amide bonds. The molecule has 0 radical (unpaired) electrons. The Balaban J connectivity index is 2.67. The monoisotopic (exact) mass is 218 g/mol. The van der Waals surface area contributed by atoms with E-state index in [4.69, 9.17) is 10.4 Å². The molecule has 0 atom stereocenters. The van der Waals surface area contributed by atoms with E-state index < -0.39 is 5.97 Å². The Bertz CT molecular complexity index is 534. The summed E-state index contributed by atoms with van der Waals surface area (Å²) in [6.45, 7) is 0. The maximum Gasteiger partial charge on any atom is 0.348 e. The van der Waals surface area contributed by atoms with E-state index in [2.05, 4.69) is 0 Å². The summed E-state index contributed by atoms with van der Waals surface area (Å²) in [6, 6.07) is 5.55. The molecule has 2 aromatic rings. The summed E-state index contributed by atoms with van der Waals surface area (Å²) in [4.78, 5) is 11.1. The van der Waals surface area contributed by atoms with E-state index in [0.29, 0.717) is 11.3 Å². The molecule has 2 rings (SSSR count). The first kappa shape index (κ1) is 9.49. The van der Waals surface area contributed by atoms with Crippen LogP contribution in [0.5, 0.6) is 0 Å². The number of carboxylic acids is 1. The van der Waals surface area contributed by atoms with Crippen LogP contribution in [0.1, 0.15) is 15.2 Å². The average molecular weight is 218 g/mol. The van der Waals surface area contributed by atoms with E-state index in [1.807, 2.05) is 6.07 Å². The normalized spacial score (nSPS) is 9.80. The van der Waals surface area contributed by atoms with Crippen LogP contribution in [0.2, 0.25) is 0 Å². The lowest BCUT2D eigenvalue weighted by molar-refractivity contribution is 0.0702. The lowest BCUT2D eigenvalue weighted by Gasteiger charge is -2.01. The number of rotatable bonds is 2. The molecule has 0 saturated heterocycles.